The highest BCUT2D eigenvalue weighted by atomic mass is 35.5. The fraction of sp³-hybridized carbons (Fsp3) is 0.0714. The molecule has 1 aromatic heterocycles. The molecule has 0 spiro atoms. The summed E-state index contributed by atoms with van der Waals surface area (Å²) in [5.41, 5.74) is 1.86. The van der Waals surface area contributed by atoms with Crippen LogP contribution in [-0.4, -0.2) is 15.7 Å². The first-order chi connectivity index (χ1) is 9.28. The van der Waals surface area contributed by atoms with Gasteiger partial charge in [0.15, 0.2) is 5.16 Å². The fourth-order valence-corrected chi connectivity index (χ4v) is 1.99. The lowest BCUT2D eigenvalue weighted by Gasteiger charge is -1.97. The Balaban J connectivity index is 2.10. The SMILES string of the molecule is N#CCSc1nccc(/C=C/c2ccc(Cl)cc2)n1. The third-order valence-electron chi connectivity index (χ3n) is 2.24. The van der Waals surface area contributed by atoms with Crippen LogP contribution in [0.2, 0.25) is 5.02 Å². The van der Waals surface area contributed by atoms with Crippen molar-refractivity contribution in [3.63, 3.8) is 0 Å². The number of hydrogen-bond acceptors (Lipinski definition) is 4. The van der Waals surface area contributed by atoms with Gasteiger partial charge in [-0.15, -0.1) is 0 Å². The van der Waals surface area contributed by atoms with Crippen molar-refractivity contribution in [3.05, 3.63) is 52.8 Å². The molecule has 0 N–H and O–H groups in total. The first-order valence-electron chi connectivity index (χ1n) is 5.54. The van der Waals surface area contributed by atoms with Gasteiger partial charge in [0.25, 0.3) is 0 Å². The van der Waals surface area contributed by atoms with E-state index in [2.05, 4.69) is 16.0 Å². The van der Waals surface area contributed by atoms with Crippen LogP contribution in [0.15, 0.2) is 41.7 Å². The molecule has 2 aromatic rings. The van der Waals surface area contributed by atoms with Crippen LogP contribution >= 0.6 is 23.4 Å². The molecule has 0 aliphatic rings. The number of aromatic nitrogens is 2. The minimum Gasteiger partial charge on any atom is -0.231 e. The summed E-state index contributed by atoms with van der Waals surface area (Å²) in [4.78, 5) is 8.42. The molecule has 1 aromatic carbocycles. The van der Waals surface area contributed by atoms with Gasteiger partial charge in [-0.2, -0.15) is 5.26 Å². The zero-order valence-electron chi connectivity index (χ0n) is 9.95. The van der Waals surface area contributed by atoms with Gasteiger partial charge in [-0.25, -0.2) is 9.97 Å². The average Bonchev–Trinajstić information content (AvgIpc) is 2.45. The highest BCUT2D eigenvalue weighted by Crippen LogP contribution is 2.14. The van der Waals surface area contributed by atoms with Crippen LogP contribution < -0.4 is 0 Å². The lowest BCUT2D eigenvalue weighted by atomic mass is 10.2. The van der Waals surface area contributed by atoms with Crippen LogP contribution in [0.1, 0.15) is 11.3 Å². The van der Waals surface area contributed by atoms with Gasteiger partial charge in [0.05, 0.1) is 17.5 Å². The number of benzene rings is 1. The minimum absolute atomic E-state index is 0.352. The Morgan fingerprint density at radius 2 is 2.00 bits per heavy atom. The van der Waals surface area contributed by atoms with E-state index in [9.17, 15) is 0 Å². The summed E-state index contributed by atoms with van der Waals surface area (Å²) >= 11 is 7.15. The quantitative estimate of drug-likeness (QED) is 0.632. The summed E-state index contributed by atoms with van der Waals surface area (Å²) in [6.07, 6.45) is 5.55. The van der Waals surface area contributed by atoms with Crippen LogP contribution in [0.25, 0.3) is 12.2 Å². The number of hydrogen-bond donors (Lipinski definition) is 0. The third-order valence-corrected chi connectivity index (χ3v) is 3.22. The van der Waals surface area contributed by atoms with E-state index >= 15 is 0 Å². The second-order valence-corrected chi connectivity index (χ2v) is 4.97. The zero-order chi connectivity index (χ0) is 13.5. The minimum atomic E-state index is 0.352. The lowest BCUT2D eigenvalue weighted by Crippen LogP contribution is -1.88. The Morgan fingerprint density at radius 3 is 2.74 bits per heavy atom. The Labute approximate surface area is 121 Å². The molecule has 19 heavy (non-hydrogen) atoms. The summed E-state index contributed by atoms with van der Waals surface area (Å²) in [6, 6.07) is 11.4. The second-order valence-electron chi connectivity index (χ2n) is 3.60. The average molecular weight is 288 g/mol. The van der Waals surface area contributed by atoms with Crippen molar-refractivity contribution in [2.45, 2.75) is 5.16 Å². The van der Waals surface area contributed by atoms with Crippen molar-refractivity contribution in [2.75, 3.05) is 5.75 Å². The van der Waals surface area contributed by atoms with Crippen LogP contribution in [-0.2, 0) is 0 Å². The van der Waals surface area contributed by atoms with Crippen molar-refractivity contribution >= 4 is 35.5 Å². The van der Waals surface area contributed by atoms with Gasteiger partial charge in [-0.1, -0.05) is 41.6 Å². The molecule has 2 rings (SSSR count). The molecule has 0 radical (unpaired) electrons. The van der Waals surface area contributed by atoms with E-state index in [0.29, 0.717) is 10.9 Å². The maximum atomic E-state index is 8.52. The Kier molecular flexibility index (Phi) is 4.96. The largest absolute Gasteiger partial charge is 0.231 e. The van der Waals surface area contributed by atoms with Gasteiger partial charge >= 0.3 is 0 Å². The van der Waals surface area contributed by atoms with E-state index in [1.54, 1.807) is 6.20 Å². The summed E-state index contributed by atoms with van der Waals surface area (Å²) in [5.74, 6) is 0.352. The first-order valence-corrected chi connectivity index (χ1v) is 6.91. The number of rotatable bonds is 4. The molecule has 0 amide bonds. The lowest BCUT2D eigenvalue weighted by molar-refractivity contribution is 0.960. The molecule has 1 heterocycles. The van der Waals surface area contributed by atoms with Gasteiger partial charge in [0.2, 0.25) is 0 Å². The molecule has 0 bridgehead atoms. The van der Waals surface area contributed by atoms with Gasteiger partial charge in [-0.3, -0.25) is 0 Å². The fourth-order valence-electron chi connectivity index (χ4n) is 1.37. The number of thioether (sulfide) groups is 1. The van der Waals surface area contributed by atoms with Gasteiger partial charge in [-0.05, 0) is 29.8 Å². The number of nitriles is 1. The van der Waals surface area contributed by atoms with Gasteiger partial charge < -0.3 is 0 Å². The molecular formula is C14H10ClN3S. The molecule has 0 saturated heterocycles. The molecule has 5 heteroatoms. The normalized spacial score (nSPS) is 10.5. The Morgan fingerprint density at radius 1 is 1.21 bits per heavy atom. The predicted molar refractivity (Wildman–Crippen MR) is 78.7 cm³/mol. The van der Waals surface area contributed by atoms with Crippen molar-refractivity contribution in [3.8, 4) is 6.07 Å². The maximum absolute atomic E-state index is 8.52. The van der Waals surface area contributed by atoms with Crippen molar-refractivity contribution < 1.29 is 0 Å². The summed E-state index contributed by atoms with van der Waals surface area (Å²) in [7, 11) is 0. The highest BCUT2D eigenvalue weighted by molar-refractivity contribution is 7.99. The molecule has 94 valence electrons. The summed E-state index contributed by atoms with van der Waals surface area (Å²) in [5, 5.41) is 9.85. The van der Waals surface area contributed by atoms with Crippen LogP contribution in [0.5, 0.6) is 0 Å². The molecule has 3 nitrogen and oxygen atoms in total. The van der Waals surface area contributed by atoms with E-state index in [0.717, 1.165) is 16.3 Å². The number of nitrogens with zero attached hydrogens (tertiary/aromatic N) is 3. The highest BCUT2D eigenvalue weighted by Gasteiger charge is 1.97. The second kappa shape index (κ2) is 6.93. The monoisotopic (exact) mass is 287 g/mol. The van der Waals surface area contributed by atoms with Crippen molar-refractivity contribution in [1.82, 2.24) is 9.97 Å². The smallest absolute Gasteiger partial charge is 0.189 e. The molecule has 0 fully saturated rings. The molecule has 0 atom stereocenters. The summed E-state index contributed by atoms with van der Waals surface area (Å²) < 4.78 is 0. The van der Waals surface area contributed by atoms with E-state index in [1.165, 1.54) is 11.8 Å². The Hall–Kier alpha value is -1.83. The molecule has 0 aliphatic heterocycles. The molecule has 0 saturated carbocycles. The van der Waals surface area contributed by atoms with Crippen molar-refractivity contribution in [1.29, 1.82) is 5.26 Å². The predicted octanol–water partition coefficient (Wildman–Crippen LogP) is 3.92. The van der Waals surface area contributed by atoms with E-state index in [4.69, 9.17) is 16.9 Å². The zero-order valence-corrected chi connectivity index (χ0v) is 11.5. The summed E-state index contributed by atoms with van der Waals surface area (Å²) in [6.45, 7) is 0. The van der Waals surface area contributed by atoms with Crippen LogP contribution in [0.4, 0.5) is 0 Å². The molecular weight excluding hydrogens is 278 g/mol. The van der Waals surface area contributed by atoms with Gasteiger partial charge in [0.1, 0.15) is 0 Å². The maximum Gasteiger partial charge on any atom is 0.189 e. The standard InChI is InChI=1S/C14H10ClN3S/c15-12-4-1-11(2-5-12)3-6-13-7-9-17-14(18-13)19-10-8-16/h1-7,9H,10H2/b6-3+. The van der Waals surface area contributed by atoms with E-state index < -0.39 is 0 Å². The third kappa shape index (κ3) is 4.40. The van der Waals surface area contributed by atoms with Crippen molar-refractivity contribution in [2.24, 2.45) is 0 Å². The number of halogens is 1. The van der Waals surface area contributed by atoms with Gasteiger partial charge in [0, 0.05) is 11.2 Å². The van der Waals surface area contributed by atoms with E-state index in [-0.39, 0.29) is 0 Å². The topological polar surface area (TPSA) is 49.6 Å². The molecule has 0 unspecified atom stereocenters. The van der Waals surface area contributed by atoms with E-state index in [1.807, 2.05) is 42.5 Å². The van der Waals surface area contributed by atoms with Crippen LogP contribution in [0, 0.1) is 11.3 Å². The van der Waals surface area contributed by atoms with Crippen LogP contribution in [0.3, 0.4) is 0 Å². The molecule has 0 aliphatic carbocycles. The Bertz CT molecular complexity index is 617. The first kappa shape index (κ1) is 13.6.